The molecule has 0 atom stereocenters. The van der Waals surface area contributed by atoms with Crippen LogP contribution in [0.25, 0.3) is 0 Å². The van der Waals surface area contributed by atoms with Crippen LogP contribution in [-0.4, -0.2) is 32.4 Å². The van der Waals surface area contributed by atoms with Crippen LogP contribution >= 0.6 is 11.3 Å². The van der Waals surface area contributed by atoms with E-state index in [0.717, 1.165) is 38.8 Å². The molecular weight excluding hydrogens is 444 g/mol. The van der Waals surface area contributed by atoms with E-state index in [0.29, 0.717) is 19.5 Å². The van der Waals surface area contributed by atoms with E-state index in [-0.39, 0.29) is 16.9 Å². The summed E-state index contributed by atoms with van der Waals surface area (Å²) >= 11 is 1.52. The minimum absolute atomic E-state index is 0.221. The number of aryl methyl sites for hydroxylation is 3. The van der Waals surface area contributed by atoms with E-state index < -0.39 is 0 Å². The van der Waals surface area contributed by atoms with Gasteiger partial charge >= 0.3 is 0 Å². The number of nitrogens with zero attached hydrogens (tertiary/aromatic N) is 4. The van der Waals surface area contributed by atoms with Gasteiger partial charge in [-0.1, -0.05) is 24.3 Å². The van der Waals surface area contributed by atoms with Crippen molar-refractivity contribution in [3.63, 3.8) is 0 Å². The molecule has 0 bridgehead atoms. The summed E-state index contributed by atoms with van der Waals surface area (Å²) in [5, 5.41) is 2.81. The van der Waals surface area contributed by atoms with Crippen LogP contribution < -0.4 is 5.43 Å². The van der Waals surface area contributed by atoms with Gasteiger partial charge in [0.05, 0.1) is 6.54 Å². The summed E-state index contributed by atoms with van der Waals surface area (Å²) in [5.41, 5.74) is 5.70. The second-order valence-electron chi connectivity index (χ2n) is 8.56. The lowest BCUT2D eigenvalue weighted by Gasteiger charge is -2.23. The van der Waals surface area contributed by atoms with E-state index in [9.17, 15) is 9.59 Å². The van der Waals surface area contributed by atoms with Gasteiger partial charge in [-0.15, -0.1) is 11.3 Å². The van der Waals surface area contributed by atoms with Crippen LogP contribution in [0.5, 0.6) is 0 Å². The highest BCUT2D eigenvalue weighted by Gasteiger charge is 2.24. The highest BCUT2D eigenvalue weighted by molar-refractivity contribution is 7.09. The number of hydrogen-bond donors (Lipinski definition) is 0. The molecule has 1 aromatic carbocycles. The lowest BCUT2D eigenvalue weighted by atomic mass is 9.98. The van der Waals surface area contributed by atoms with Crippen molar-refractivity contribution in [3.8, 4) is 0 Å². The van der Waals surface area contributed by atoms with Gasteiger partial charge < -0.3 is 9.47 Å². The summed E-state index contributed by atoms with van der Waals surface area (Å²) in [6.07, 6.45) is 3.99. The number of amides is 1. The van der Waals surface area contributed by atoms with Gasteiger partial charge in [-0.3, -0.25) is 14.6 Å². The molecule has 6 nitrogen and oxygen atoms in total. The van der Waals surface area contributed by atoms with Crippen LogP contribution in [0.4, 0.5) is 0 Å². The molecule has 7 heteroatoms. The largest absolute Gasteiger partial charge is 0.343 e. The molecule has 1 amide bonds. The van der Waals surface area contributed by atoms with Gasteiger partial charge in [0.1, 0.15) is 10.6 Å². The number of pyridine rings is 2. The first-order valence-corrected chi connectivity index (χ1v) is 12.0. The van der Waals surface area contributed by atoms with Crippen LogP contribution in [0.1, 0.15) is 49.1 Å². The van der Waals surface area contributed by atoms with Crippen LogP contribution in [-0.2, 0) is 19.5 Å². The molecule has 34 heavy (non-hydrogen) atoms. The summed E-state index contributed by atoms with van der Waals surface area (Å²) in [4.78, 5) is 37.1. The molecule has 0 saturated carbocycles. The normalized spacial score (nSPS) is 10.9. The third-order valence-electron chi connectivity index (χ3n) is 5.94. The number of benzene rings is 1. The van der Waals surface area contributed by atoms with Crippen molar-refractivity contribution in [2.45, 2.75) is 40.3 Å². The standard InChI is InChI=1S/C27H28N4O2S/c1-18-7-5-6-8-22(18)14-23-26(27(33)30(4)16-25-29-19(2)17-34-25)24(32)13-20(3)31(23)15-21-9-11-28-12-10-21/h5-13,17H,14-16H2,1-4H3. The lowest BCUT2D eigenvalue weighted by Crippen LogP contribution is -2.34. The van der Waals surface area contributed by atoms with E-state index in [4.69, 9.17) is 0 Å². The number of aromatic nitrogens is 3. The van der Waals surface area contributed by atoms with Crippen molar-refractivity contribution in [1.29, 1.82) is 0 Å². The average molecular weight is 473 g/mol. The fourth-order valence-electron chi connectivity index (χ4n) is 4.06. The zero-order chi connectivity index (χ0) is 24.2. The fraction of sp³-hybridized carbons (Fsp3) is 0.259. The van der Waals surface area contributed by atoms with Crippen LogP contribution in [0.15, 0.2) is 65.0 Å². The van der Waals surface area contributed by atoms with Gasteiger partial charge in [0, 0.05) is 60.9 Å². The van der Waals surface area contributed by atoms with Crippen molar-refractivity contribution < 1.29 is 4.79 Å². The summed E-state index contributed by atoms with van der Waals surface area (Å²) in [6.45, 7) is 6.80. The molecule has 0 aliphatic carbocycles. The third kappa shape index (κ3) is 5.15. The van der Waals surface area contributed by atoms with Crippen molar-refractivity contribution in [2.75, 3.05) is 7.05 Å². The van der Waals surface area contributed by atoms with Gasteiger partial charge in [-0.25, -0.2) is 4.98 Å². The topological polar surface area (TPSA) is 68.1 Å². The van der Waals surface area contributed by atoms with Crippen LogP contribution in [0.3, 0.4) is 0 Å². The monoisotopic (exact) mass is 472 g/mol. The molecule has 0 N–H and O–H groups in total. The van der Waals surface area contributed by atoms with E-state index in [1.807, 2.05) is 43.5 Å². The molecule has 4 rings (SSSR count). The molecule has 0 aliphatic rings. The van der Waals surface area contributed by atoms with Gasteiger partial charge in [0.2, 0.25) is 0 Å². The molecule has 0 radical (unpaired) electrons. The first-order chi connectivity index (χ1) is 16.3. The molecule has 3 aromatic heterocycles. The Morgan fingerprint density at radius 1 is 1.09 bits per heavy atom. The maximum Gasteiger partial charge on any atom is 0.259 e. The van der Waals surface area contributed by atoms with Crippen LogP contribution in [0.2, 0.25) is 0 Å². The Morgan fingerprint density at radius 2 is 1.82 bits per heavy atom. The molecule has 174 valence electrons. The summed E-state index contributed by atoms with van der Waals surface area (Å²) in [7, 11) is 1.73. The molecule has 0 saturated heterocycles. The van der Waals surface area contributed by atoms with Crippen LogP contribution in [0, 0.1) is 20.8 Å². The van der Waals surface area contributed by atoms with Crippen molar-refractivity contribution >= 4 is 17.2 Å². The number of carbonyl (C=O) groups excluding carboxylic acids is 1. The SMILES string of the molecule is Cc1csc(CN(C)C(=O)c2c(Cc3ccccc3C)n(Cc3ccncc3)c(C)cc2=O)n1. The molecule has 0 aliphatic heterocycles. The van der Waals surface area contributed by atoms with Gasteiger partial charge in [0.25, 0.3) is 5.91 Å². The number of carbonyl (C=O) groups is 1. The predicted molar refractivity (Wildman–Crippen MR) is 135 cm³/mol. The summed E-state index contributed by atoms with van der Waals surface area (Å²) in [6, 6.07) is 13.6. The number of rotatable bonds is 7. The van der Waals surface area contributed by atoms with E-state index in [1.54, 1.807) is 30.4 Å². The van der Waals surface area contributed by atoms with Gasteiger partial charge in [0.15, 0.2) is 5.43 Å². The van der Waals surface area contributed by atoms with E-state index in [2.05, 4.69) is 33.6 Å². The van der Waals surface area contributed by atoms with E-state index in [1.165, 1.54) is 11.3 Å². The Balaban J connectivity index is 1.82. The number of hydrogen-bond acceptors (Lipinski definition) is 5. The summed E-state index contributed by atoms with van der Waals surface area (Å²) < 4.78 is 2.08. The molecule has 0 fully saturated rings. The Kier molecular flexibility index (Phi) is 7.03. The van der Waals surface area contributed by atoms with Gasteiger partial charge in [-0.2, -0.15) is 0 Å². The number of thiazole rings is 1. The second kappa shape index (κ2) is 10.1. The summed E-state index contributed by atoms with van der Waals surface area (Å²) in [5.74, 6) is -0.287. The molecule has 0 unspecified atom stereocenters. The Hall–Kier alpha value is -3.58. The zero-order valence-corrected chi connectivity index (χ0v) is 20.7. The first-order valence-electron chi connectivity index (χ1n) is 11.2. The van der Waals surface area contributed by atoms with Crippen molar-refractivity contribution in [3.05, 3.63) is 115 Å². The molecule has 0 spiro atoms. The Bertz CT molecular complexity index is 1380. The molecule has 4 aromatic rings. The maximum atomic E-state index is 13.7. The fourth-order valence-corrected chi connectivity index (χ4v) is 4.89. The predicted octanol–water partition coefficient (Wildman–Crippen LogP) is 4.54. The lowest BCUT2D eigenvalue weighted by molar-refractivity contribution is 0.0781. The van der Waals surface area contributed by atoms with E-state index >= 15 is 0 Å². The van der Waals surface area contributed by atoms with Crippen molar-refractivity contribution in [1.82, 2.24) is 19.4 Å². The highest BCUT2D eigenvalue weighted by Crippen LogP contribution is 2.21. The Labute approximate surface area is 203 Å². The maximum absolute atomic E-state index is 13.7. The van der Waals surface area contributed by atoms with Gasteiger partial charge in [-0.05, 0) is 49.6 Å². The Morgan fingerprint density at radius 3 is 2.50 bits per heavy atom. The smallest absolute Gasteiger partial charge is 0.259 e. The van der Waals surface area contributed by atoms with Crippen molar-refractivity contribution in [2.24, 2.45) is 0 Å². The second-order valence-corrected chi connectivity index (χ2v) is 9.50. The minimum atomic E-state index is -0.287. The highest BCUT2D eigenvalue weighted by atomic mass is 32.1. The first kappa shape index (κ1) is 23.6. The zero-order valence-electron chi connectivity index (χ0n) is 19.9. The average Bonchev–Trinajstić information content (AvgIpc) is 3.22. The molecular formula is C27H28N4O2S. The molecule has 3 heterocycles. The minimum Gasteiger partial charge on any atom is -0.343 e. The quantitative estimate of drug-likeness (QED) is 0.396. The third-order valence-corrected chi connectivity index (χ3v) is 6.89.